The van der Waals surface area contributed by atoms with Crippen LogP contribution >= 0.6 is 0 Å². The van der Waals surface area contributed by atoms with E-state index in [1.165, 1.54) is 11.1 Å². The number of hydrogen-bond acceptors (Lipinski definition) is 5. The number of hydrogen-bond donors (Lipinski definition) is 0. The molecule has 0 fully saturated rings. The molecule has 0 unspecified atom stereocenters. The van der Waals surface area contributed by atoms with Crippen LogP contribution in [0.2, 0.25) is 0 Å². The highest BCUT2D eigenvalue weighted by molar-refractivity contribution is 6.12. The number of furan rings is 2. The minimum Gasteiger partial charge on any atom is -0.456 e. The summed E-state index contributed by atoms with van der Waals surface area (Å²) in [6.45, 7) is 0. The Morgan fingerprint density at radius 3 is 1.50 bits per heavy atom. The normalized spacial score (nSPS) is 11.6. The van der Waals surface area contributed by atoms with E-state index in [0.29, 0.717) is 17.5 Å². The molecule has 0 radical (unpaired) electrons. The fourth-order valence-electron chi connectivity index (χ4n) is 6.93. The highest BCUT2D eigenvalue weighted by Crippen LogP contribution is 2.39. The van der Waals surface area contributed by atoms with Crippen LogP contribution in [0.25, 0.3) is 100 Å². The molecule has 10 rings (SSSR count). The SMILES string of the molecule is c1ccc(-c2ccc(-c3ccc(-c4nc(-c5cccc6c5oc5ccccc56)nc(-c5cccc6oc7ccccc7c56)n4)cc3)cc2)cc1. The topological polar surface area (TPSA) is 65.0 Å². The second-order valence-corrected chi connectivity index (χ2v) is 12.4. The fourth-order valence-corrected chi connectivity index (χ4v) is 6.93. The van der Waals surface area contributed by atoms with E-state index in [2.05, 4.69) is 97.1 Å². The molecule has 0 amide bonds. The zero-order chi connectivity index (χ0) is 33.0. The van der Waals surface area contributed by atoms with Gasteiger partial charge in [0.2, 0.25) is 0 Å². The molecule has 3 aromatic heterocycles. The van der Waals surface area contributed by atoms with Gasteiger partial charge in [-0.15, -0.1) is 0 Å². The molecule has 0 aliphatic heterocycles. The minimum absolute atomic E-state index is 0.542. The predicted octanol–water partition coefficient (Wildman–Crippen LogP) is 12.0. The van der Waals surface area contributed by atoms with Gasteiger partial charge in [0.1, 0.15) is 22.3 Å². The number of fused-ring (bicyclic) bond motifs is 6. The molecular formula is C45H27N3O2. The van der Waals surface area contributed by atoms with Crippen molar-refractivity contribution >= 4 is 43.9 Å². The minimum atomic E-state index is 0.542. The van der Waals surface area contributed by atoms with E-state index in [0.717, 1.165) is 71.7 Å². The lowest BCUT2D eigenvalue weighted by Crippen LogP contribution is -2.00. The van der Waals surface area contributed by atoms with Crippen molar-refractivity contribution in [3.05, 3.63) is 164 Å². The van der Waals surface area contributed by atoms with Crippen molar-refractivity contribution in [1.29, 1.82) is 0 Å². The first-order chi connectivity index (χ1) is 24.8. The summed E-state index contributed by atoms with van der Waals surface area (Å²) in [5.74, 6) is 1.68. The number of para-hydroxylation sites is 3. The van der Waals surface area contributed by atoms with Crippen LogP contribution in [0.15, 0.2) is 173 Å². The summed E-state index contributed by atoms with van der Waals surface area (Å²) >= 11 is 0. The van der Waals surface area contributed by atoms with E-state index in [1.807, 2.05) is 66.7 Å². The Morgan fingerprint density at radius 1 is 0.300 bits per heavy atom. The Hall–Kier alpha value is -6.85. The summed E-state index contributed by atoms with van der Waals surface area (Å²) in [5.41, 5.74) is 10.4. The van der Waals surface area contributed by atoms with Crippen molar-refractivity contribution in [3.63, 3.8) is 0 Å². The Labute approximate surface area is 287 Å². The molecule has 3 heterocycles. The Morgan fingerprint density at radius 2 is 0.780 bits per heavy atom. The summed E-state index contributed by atoms with van der Waals surface area (Å²) in [4.78, 5) is 15.3. The van der Waals surface area contributed by atoms with Gasteiger partial charge in [0.05, 0.1) is 5.56 Å². The quantitative estimate of drug-likeness (QED) is 0.187. The zero-order valence-electron chi connectivity index (χ0n) is 26.7. The van der Waals surface area contributed by atoms with Gasteiger partial charge in [-0.3, -0.25) is 0 Å². The van der Waals surface area contributed by atoms with E-state index >= 15 is 0 Å². The summed E-state index contributed by atoms with van der Waals surface area (Å²) in [7, 11) is 0. The molecule has 0 spiro atoms. The van der Waals surface area contributed by atoms with Crippen molar-refractivity contribution in [2.24, 2.45) is 0 Å². The van der Waals surface area contributed by atoms with Crippen molar-refractivity contribution in [3.8, 4) is 56.4 Å². The molecular weight excluding hydrogens is 615 g/mol. The van der Waals surface area contributed by atoms with Gasteiger partial charge in [0, 0.05) is 32.7 Å². The van der Waals surface area contributed by atoms with Crippen LogP contribution < -0.4 is 0 Å². The number of nitrogens with zero attached hydrogens (tertiary/aromatic N) is 3. The molecule has 0 aliphatic carbocycles. The molecule has 7 aromatic carbocycles. The molecule has 0 atom stereocenters. The maximum atomic E-state index is 6.43. The summed E-state index contributed by atoms with van der Waals surface area (Å²) in [6.07, 6.45) is 0. The van der Waals surface area contributed by atoms with Crippen LogP contribution in [0, 0.1) is 0 Å². The molecule has 0 N–H and O–H groups in total. The van der Waals surface area contributed by atoms with E-state index in [1.54, 1.807) is 0 Å². The molecule has 0 saturated heterocycles. The first kappa shape index (κ1) is 28.2. The van der Waals surface area contributed by atoms with Crippen molar-refractivity contribution < 1.29 is 8.83 Å². The average molecular weight is 642 g/mol. The van der Waals surface area contributed by atoms with Crippen molar-refractivity contribution in [2.75, 3.05) is 0 Å². The number of benzene rings is 7. The first-order valence-corrected chi connectivity index (χ1v) is 16.6. The molecule has 5 heteroatoms. The van der Waals surface area contributed by atoms with E-state index in [-0.39, 0.29) is 0 Å². The van der Waals surface area contributed by atoms with Crippen LogP contribution in [0.5, 0.6) is 0 Å². The molecule has 0 bridgehead atoms. The van der Waals surface area contributed by atoms with Gasteiger partial charge in [0.15, 0.2) is 17.5 Å². The van der Waals surface area contributed by atoms with Crippen molar-refractivity contribution in [1.82, 2.24) is 15.0 Å². The monoisotopic (exact) mass is 641 g/mol. The molecule has 0 aliphatic rings. The van der Waals surface area contributed by atoms with Gasteiger partial charge in [0.25, 0.3) is 0 Å². The van der Waals surface area contributed by atoms with Gasteiger partial charge < -0.3 is 8.83 Å². The van der Waals surface area contributed by atoms with E-state index < -0.39 is 0 Å². The second-order valence-electron chi connectivity index (χ2n) is 12.4. The largest absolute Gasteiger partial charge is 0.456 e. The van der Waals surface area contributed by atoms with Gasteiger partial charge in [-0.1, -0.05) is 140 Å². The highest BCUT2D eigenvalue weighted by atomic mass is 16.3. The van der Waals surface area contributed by atoms with Crippen LogP contribution in [0.4, 0.5) is 0 Å². The van der Waals surface area contributed by atoms with Gasteiger partial charge in [-0.2, -0.15) is 0 Å². The highest BCUT2D eigenvalue weighted by Gasteiger charge is 2.20. The Bertz CT molecular complexity index is 2850. The van der Waals surface area contributed by atoms with E-state index in [9.17, 15) is 0 Å². The van der Waals surface area contributed by atoms with Gasteiger partial charge in [-0.05, 0) is 46.5 Å². The van der Waals surface area contributed by atoms with Gasteiger partial charge in [-0.25, -0.2) is 15.0 Å². The standard InChI is InChI=1S/C45H27N3O2/c1-2-10-28(11-3-1)29-20-22-30(23-21-29)31-24-26-32(27-25-31)43-46-44(36-15-9-19-40-41(36)35-13-5-7-18-39(35)49-40)48-45(47-43)37-16-8-14-34-33-12-4-6-17-38(33)50-42(34)37/h1-27H. The predicted molar refractivity (Wildman–Crippen MR) is 202 cm³/mol. The van der Waals surface area contributed by atoms with Gasteiger partial charge >= 0.3 is 0 Å². The number of rotatable bonds is 5. The Balaban J connectivity index is 1.13. The summed E-state index contributed by atoms with van der Waals surface area (Å²) in [5, 5.41) is 4.07. The number of aromatic nitrogens is 3. The third-order valence-corrected chi connectivity index (χ3v) is 9.39. The lowest BCUT2D eigenvalue weighted by molar-refractivity contribution is 0.668. The van der Waals surface area contributed by atoms with Crippen LogP contribution in [-0.4, -0.2) is 15.0 Å². The average Bonchev–Trinajstić information content (AvgIpc) is 3.77. The zero-order valence-corrected chi connectivity index (χ0v) is 26.7. The molecule has 50 heavy (non-hydrogen) atoms. The Kier molecular flexibility index (Phi) is 6.42. The molecule has 5 nitrogen and oxygen atoms in total. The maximum absolute atomic E-state index is 6.43. The van der Waals surface area contributed by atoms with Crippen LogP contribution in [-0.2, 0) is 0 Å². The fraction of sp³-hybridized carbons (Fsp3) is 0. The lowest BCUT2D eigenvalue weighted by Gasteiger charge is -2.10. The first-order valence-electron chi connectivity index (χ1n) is 16.6. The lowest BCUT2D eigenvalue weighted by atomic mass is 9.99. The van der Waals surface area contributed by atoms with E-state index in [4.69, 9.17) is 23.8 Å². The third-order valence-electron chi connectivity index (χ3n) is 9.39. The molecule has 0 saturated carbocycles. The molecule has 10 aromatic rings. The van der Waals surface area contributed by atoms with Crippen LogP contribution in [0.3, 0.4) is 0 Å². The second kappa shape index (κ2) is 11.4. The summed E-state index contributed by atoms with van der Waals surface area (Å²) in [6, 6.07) is 55.8. The molecule has 234 valence electrons. The van der Waals surface area contributed by atoms with Crippen molar-refractivity contribution in [2.45, 2.75) is 0 Å². The van der Waals surface area contributed by atoms with Crippen LogP contribution in [0.1, 0.15) is 0 Å². The smallest absolute Gasteiger partial charge is 0.167 e. The third kappa shape index (κ3) is 4.67. The maximum Gasteiger partial charge on any atom is 0.167 e. The summed E-state index contributed by atoms with van der Waals surface area (Å²) < 4.78 is 12.7.